The van der Waals surface area contributed by atoms with E-state index in [-0.39, 0.29) is 5.91 Å². The van der Waals surface area contributed by atoms with E-state index in [9.17, 15) is 4.79 Å². The van der Waals surface area contributed by atoms with Crippen LogP contribution in [0.25, 0.3) is 11.3 Å². The summed E-state index contributed by atoms with van der Waals surface area (Å²) in [6.07, 6.45) is 4.43. The maximum atomic E-state index is 11.8. The average Bonchev–Trinajstić information content (AvgIpc) is 3.15. The van der Waals surface area contributed by atoms with Gasteiger partial charge in [0, 0.05) is 42.2 Å². The van der Waals surface area contributed by atoms with Crippen molar-refractivity contribution in [3.05, 3.63) is 46.7 Å². The van der Waals surface area contributed by atoms with Crippen molar-refractivity contribution in [2.24, 2.45) is 0 Å². The number of hydrogen-bond donors (Lipinski definition) is 1. The lowest BCUT2D eigenvalue weighted by Crippen LogP contribution is -2.12. The van der Waals surface area contributed by atoms with Gasteiger partial charge in [0.15, 0.2) is 5.82 Å². The topological polar surface area (TPSA) is 80.9 Å². The Bertz CT molecular complexity index is 767. The molecule has 3 aromatic rings. The Kier molecular flexibility index (Phi) is 4.24. The maximum Gasteiger partial charge on any atom is 0.226 e. The molecule has 1 N–H and O–H groups in total. The van der Waals surface area contributed by atoms with Crippen LogP contribution in [0.4, 0.5) is 5.82 Å². The number of nitrogens with zero attached hydrogens (tertiary/aromatic N) is 3. The molecular formula is C15H14N4O2S. The van der Waals surface area contributed by atoms with Crippen molar-refractivity contribution in [1.29, 1.82) is 0 Å². The summed E-state index contributed by atoms with van der Waals surface area (Å²) in [7, 11) is 0. The SMILES string of the molecule is Cc1cc(NC(=O)CCc2nc(-c3ccncc3)cs2)no1. The second-order valence-electron chi connectivity index (χ2n) is 4.73. The summed E-state index contributed by atoms with van der Waals surface area (Å²) in [5.74, 6) is 1.00. The molecule has 0 fully saturated rings. The molecule has 0 aromatic carbocycles. The van der Waals surface area contributed by atoms with E-state index < -0.39 is 0 Å². The molecule has 112 valence electrons. The summed E-state index contributed by atoms with van der Waals surface area (Å²) < 4.78 is 4.90. The minimum atomic E-state index is -0.103. The van der Waals surface area contributed by atoms with E-state index in [0.717, 1.165) is 16.3 Å². The molecule has 0 saturated carbocycles. The van der Waals surface area contributed by atoms with Gasteiger partial charge in [0.25, 0.3) is 0 Å². The Balaban J connectivity index is 1.56. The van der Waals surface area contributed by atoms with E-state index in [4.69, 9.17) is 4.52 Å². The Morgan fingerprint density at radius 3 is 2.91 bits per heavy atom. The third-order valence-electron chi connectivity index (χ3n) is 2.99. The minimum Gasteiger partial charge on any atom is -0.360 e. The first-order valence-electron chi connectivity index (χ1n) is 6.79. The predicted molar refractivity (Wildman–Crippen MR) is 83.5 cm³/mol. The van der Waals surface area contributed by atoms with Crippen molar-refractivity contribution >= 4 is 23.1 Å². The number of aryl methyl sites for hydroxylation is 2. The van der Waals surface area contributed by atoms with E-state index in [0.29, 0.717) is 24.4 Å². The first-order chi connectivity index (χ1) is 10.7. The molecule has 3 aromatic heterocycles. The summed E-state index contributed by atoms with van der Waals surface area (Å²) in [5.41, 5.74) is 1.94. The van der Waals surface area contributed by atoms with Gasteiger partial charge in [-0.25, -0.2) is 4.98 Å². The van der Waals surface area contributed by atoms with Crippen molar-refractivity contribution < 1.29 is 9.32 Å². The number of thiazole rings is 1. The number of nitrogens with one attached hydrogen (secondary N) is 1. The summed E-state index contributed by atoms with van der Waals surface area (Å²) in [4.78, 5) is 20.4. The first-order valence-corrected chi connectivity index (χ1v) is 7.66. The van der Waals surface area contributed by atoms with Crippen molar-refractivity contribution in [1.82, 2.24) is 15.1 Å². The summed E-state index contributed by atoms with van der Waals surface area (Å²) in [6.45, 7) is 1.78. The lowest BCUT2D eigenvalue weighted by molar-refractivity contribution is -0.116. The van der Waals surface area contributed by atoms with Crippen LogP contribution >= 0.6 is 11.3 Å². The average molecular weight is 314 g/mol. The molecule has 0 aliphatic rings. The molecular weight excluding hydrogens is 300 g/mol. The third-order valence-corrected chi connectivity index (χ3v) is 3.90. The summed E-state index contributed by atoms with van der Waals surface area (Å²) in [5, 5.41) is 9.34. The highest BCUT2D eigenvalue weighted by molar-refractivity contribution is 7.09. The number of pyridine rings is 1. The van der Waals surface area contributed by atoms with Gasteiger partial charge < -0.3 is 9.84 Å². The monoisotopic (exact) mass is 314 g/mol. The zero-order chi connectivity index (χ0) is 15.4. The van der Waals surface area contributed by atoms with Crippen LogP contribution in [-0.2, 0) is 11.2 Å². The van der Waals surface area contributed by atoms with Gasteiger partial charge in [-0.15, -0.1) is 11.3 Å². The quantitative estimate of drug-likeness (QED) is 0.782. The van der Waals surface area contributed by atoms with Crippen LogP contribution in [0.15, 0.2) is 40.5 Å². The molecule has 3 heterocycles. The Hall–Kier alpha value is -2.54. The molecule has 22 heavy (non-hydrogen) atoms. The van der Waals surface area contributed by atoms with Crippen LogP contribution in [-0.4, -0.2) is 21.0 Å². The van der Waals surface area contributed by atoms with Crippen molar-refractivity contribution in [3.63, 3.8) is 0 Å². The second-order valence-corrected chi connectivity index (χ2v) is 5.68. The number of aromatic nitrogens is 3. The van der Waals surface area contributed by atoms with Crippen LogP contribution in [0, 0.1) is 6.92 Å². The lowest BCUT2D eigenvalue weighted by atomic mass is 10.2. The van der Waals surface area contributed by atoms with Gasteiger partial charge in [-0.3, -0.25) is 9.78 Å². The number of anilines is 1. The molecule has 0 unspecified atom stereocenters. The summed E-state index contributed by atoms with van der Waals surface area (Å²) in [6, 6.07) is 5.51. The fourth-order valence-corrected chi connectivity index (χ4v) is 2.74. The van der Waals surface area contributed by atoms with Crippen LogP contribution in [0.5, 0.6) is 0 Å². The van der Waals surface area contributed by atoms with E-state index >= 15 is 0 Å². The zero-order valence-electron chi connectivity index (χ0n) is 11.9. The molecule has 0 radical (unpaired) electrons. The van der Waals surface area contributed by atoms with Crippen molar-refractivity contribution in [2.75, 3.05) is 5.32 Å². The molecule has 1 amide bonds. The Morgan fingerprint density at radius 2 is 2.18 bits per heavy atom. The number of amides is 1. The van der Waals surface area contributed by atoms with E-state index in [1.165, 1.54) is 0 Å². The zero-order valence-corrected chi connectivity index (χ0v) is 12.8. The summed E-state index contributed by atoms with van der Waals surface area (Å²) >= 11 is 1.55. The molecule has 0 aliphatic heterocycles. The van der Waals surface area contributed by atoms with Gasteiger partial charge in [-0.2, -0.15) is 0 Å². The van der Waals surface area contributed by atoms with Gasteiger partial charge in [-0.05, 0) is 19.1 Å². The molecule has 0 aliphatic carbocycles. The number of hydrogen-bond acceptors (Lipinski definition) is 6. The fourth-order valence-electron chi connectivity index (χ4n) is 1.93. The highest BCUT2D eigenvalue weighted by Crippen LogP contribution is 2.22. The predicted octanol–water partition coefficient (Wildman–Crippen LogP) is 3.07. The van der Waals surface area contributed by atoms with Gasteiger partial charge in [0.1, 0.15) is 5.76 Å². The fraction of sp³-hybridized carbons (Fsp3) is 0.200. The largest absolute Gasteiger partial charge is 0.360 e. The van der Waals surface area contributed by atoms with Crippen LogP contribution in [0.2, 0.25) is 0 Å². The van der Waals surface area contributed by atoms with Crippen molar-refractivity contribution in [2.45, 2.75) is 19.8 Å². The standard InChI is InChI=1S/C15H14N4O2S/c1-10-8-13(19-21-10)18-14(20)2-3-15-17-12(9-22-15)11-4-6-16-7-5-11/h4-9H,2-3H2,1H3,(H,18,19,20). The molecule has 0 atom stereocenters. The van der Waals surface area contributed by atoms with Crippen LogP contribution in [0.3, 0.4) is 0 Å². The highest BCUT2D eigenvalue weighted by atomic mass is 32.1. The van der Waals surface area contributed by atoms with E-state index in [1.807, 2.05) is 17.5 Å². The molecule has 6 nitrogen and oxygen atoms in total. The van der Waals surface area contributed by atoms with Crippen LogP contribution in [0.1, 0.15) is 17.2 Å². The Morgan fingerprint density at radius 1 is 1.36 bits per heavy atom. The highest BCUT2D eigenvalue weighted by Gasteiger charge is 2.09. The van der Waals surface area contributed by atoms with Gasteiger partial charge in [-0.1, -0.05) is 5.16 Å². The number of carbonyl (C=O) groups is 1. The normalized spacial score (nSPS) is 10.6. The van der Waals surface area contributed by atoms with Gasteiger partial charge in [0.2, 0.25) is 5.91 Å². The van der Waals surface area contributed by atoms with E-state index in [1.54, 1.807) is 36.7 Å². The van der Waals surface area contributed by atoms with Gasteiger partial charge in [0.05, 0.1) is 10.7 Å². The lowest BCUT2D eigenvalue weighted by Gasteiger charge is -1.99. The molecule has 3 rings (SSSR count). The second kappa shape index (κ2) is 6.48. The molecule has 7 heteroatoms. The van der Waals surface area contributed by atoms with Crippen molar-refractivity contribution in [3.8, 4) is 11.3 Å². The minimum absolute atomic E-state index is 0.103. The molecule has 0 spiro atoms. The molecule has 0 bridgehead atoms. The Labute approximate surface area is 131 Å². The smallest absolute Gasteiger partial charge is 0.226 e. The van der Waals surface area contributed by atoms with Crippen LogP contribution < -0.4 is 5.32 Å². The number of rotatable bonds is 5. The van der Waals surface area contributed by atoms with E-state index in [2.05, 4.69) is 20.4 Å². The first kappa shape index (κ1) is 14.4. The third kappa shape index (κ3) is 3.56. The molecule has 0 saturated heterocycles. The number of carbonyl (C=O) groups excluding carboxylic acids is 1. The maximum absolute atomic E-state index is 11.8. The van der Waals surface area contributed by atoms with Gasteiger partial charge >= 0.3 is 0 Å².